The first-order chi connectivity index (χ1) is 13.7. The Balaban J connectivity index is 0.00000240. The van der Waals surface area contributed by atoms with Gasteiger partial charge in [-0.05, 0) is 48.7 Å². The van der Waals surface area contributed by atoms with E-state index in [9.17, 15) is 4.79 Å². The van der Waals surface area contributed by atoms with Gasteiger partial charge < -0.3 is 5.32 Å². The topological polar surface area (TPSA) is 29.1 Å². The van der Waals surface area contributed by atoms with Gasteiger partial charge in [-0.25, -0.2) is 0 Å². The van der Waals surface area contributed by atoms with Crippen molar-refractivity contribution in [1.29, 1.82) is 0 Å². The minimum Gasteiger partial charge on any atom is -0.316 e. The Kier molecular flexibility index (Phi) is 7.79. The van der Waals surface area contributed by atoms with Crippen LogP contribution in [0.1, 0.15) is 32.6 Å². The van der Waals surface area contributed by atoms with Gasteiger partial charge in [0, 0.05) is 21.8 Å². The van der Waals surface area contributed by atoms with Gasteiger partial charge in [-0.2, -0.15) is 0 Å². The first-order valence-corrected chi connectivity index (χ1v) is 10.9. The quantitative estimate of drug-likeness (QED) is 0.388. The molecule has 0 fully saturated rings. The molecule has 1 heterocycles. The molecule has 0 unspecified atom stereocenters. The van der Waals surface area contributed by atoms with Crippen LogP contribution in [0.25, 0.3) is 0 Å². The maximum absolute atomic E-state index is 12.5. The van der Waals surface area contributed by atoms with E-state index in [-0.39, 0.29) is 18.2 Å². The van der Waals surface area contributed by atoms with E-state index in [0.29, 0.717) is 0 Å². The van der Waals surface area contributed by atoms with Crippen LogP contribution in [0, 0.1) is 0 Å². The van der Waals surface area contributed by atoms with Crippen LogP contribution in [0.2, 0.25) is 5.02 Å². The lowest BCUT2D eigenvalue weighted by Crippen LogP contribution is -2.16. The van der Waals surface area contributed by atoms with Crippen molar-refractivity contribution in [2.45, 2.75) is 23.5 Å². The molecule has 0 bridgehead atoms. The van der Waals surface area contributed by atoms with Gasteiger partial charge in [0.1, 0.15) is 0 Å². The number of ketones is 1. The fraction of sp³-hybridized carbons (Fsp3) is 0.208. The Bertz CT molecular complexity index is 974. The Morgan fingerprint density at radius 2 is 1.59 bits per heavy atom. The van der Waals surface area contributed by atoms with Gasteiger partial charge in [0.25, 0.3) is 0 Å². The third-order valence-corrected chi connectivity index (χ3v) is 6.73. The molecule has 0 atom stereocenters. The van der Waals surface area contributed by atoms with Gasteiger partial charge >= 0.3 is 0 Å². The van der Waals surface area contributed by atoms with Crippen LogP contribution in [0.5, 0.6) is 0 Å². The van der Waals surface area contributed by atoms with Crippen LogP contribution >= 0.6 is 35.8 Å². The Morgan fingerprint density at radius 3 is 2.34 bits per heavy atom. The van der Waals surface area contributed by atoms with Crippen LogP contribution < -0.4 is 5.32 Å². The summed E-state index contributed by atoms with van der Waals surface area (Å²) in [6.45, 7) is 2.02. The first kappa shape index (κ1) is 21.9. The highest BCUT2D eigenvalue weighted by Crippen LogP contribution is 2.36. The van der Waals surface area contributed by atoms with Crippen LogP contribution in [-0.4, -0.2) is 18.9 Å². The number of nitrogens with one attached hydrogen (secondary N) is 1. The Labute approximate surface area is 187 Å². The highest BCUT2D eigenvalue weighted by atomic mass is 35.5. The third kappa shape index (κ3) is 5.23. The van der Waals surface area contributed by atoms with Crippen LogP contribution in [-0.2, 0) is 18.6 Å². The molecule has 0 aliphatic carbocycles. The van der Waals surface area contributed by atoms with Crippen LogP contribution in [0.15, 0.2) is 71.6 Å². The second-order valence-electron chi connectivity index (χ2n) is 6.94. The lowest BCUT2D eigenvalue weighted by atomic mass is 10.0. The standard InChI is InChI=1S/C24H22ClNOS.ClH/c25-22-11-10-18-12-14-26-15-13-21(18)24(22)28-16-17-6-8-20(9-7-17)23(27)19-4-2-1-3-5-19;/h1-11,26H,12-16H2;1H. The number of carbonyl (C=O) groups is 1. The minimum absolute atomic E-state index is 0. The van der Waals surface area contributed by atoms with E-state index < -0.39 is 0 Å². The molecule has 0 amide bonds. The smallest absolute Gasteiger partial charge is 0.193 e. The number of benzene rings is 3. The summed E-state index contributed by atoms with van der Waals surface area (Å²) in [4.78, 5) is 13.7. The van der Waals surface area contributed by atoms with E-state index in [0.717, 1.165) is 47.8 Å². The molecule has 0 spiro atoms. The van der Waals surface area contributed by atoms with E-state index in [4.69, 9.17) is 11.6 Å². The lowest BCUT2D eigenvalue weighted by molar-refractivity contribution is 0.103. The van der Waals surface area contributed by atoms with Crippen molar-refractivity contribution in [2.75, 3.05) is 13.1 Å². The summed E-state index contributed by atoms with van der Waals surface area (Å²) < 4.78 is 0. The molecule has 0 radical (unpaired) electrons. The maximum atomic E-state index is 12.5. The van der Waals surface area contributed by atoms with Crippen molar-refractivity contribution in [3.8, 4) is 0 Å². The molecular weight excluding hydrogens is 421 g/mol. The maximum Gasteiger partial charge on any atom is 0.193 e. The van der Waals surface area contributed by atoms with Gasteiger partial charge in [0.2, 0.25) is 0 Å². The molecular formula is C24H23Cl2NOS. The highest BCUT2D eigenvalue weighted by Gasteiger charge is 2.15. The number of hydrogen-bond acceptors (Lipinski definition) is 3. The van der Waals surface area contributed by atoms with Crippen molar-refractivity contribution >= 4 is 41.6 Å². The average Bonchev–Trinajstić information content (AvgIpc) is 2.99. The van der Waals surface area contributed by atoms with E-state index in [1.165, 1.54) is 21.6 Å². The molecule has 5 heteroatoms. The Morgan fingerprint density at radius 1 is 0.897 bits per heavy atom. The largest absolute Gasteiger partial charge is 0.316 e. The fourth-order valence-corrected chi connectivity index (χ4v) is 4.99. The number of halogens is 2. The summed E-state index contributed by atoms with van der Waals surface area (Å²) in [5.74, 6) is 0.896. The zero-order valence-corrected chi connectivity index (χ0v) is 18.4. The highest BCUT2D eigenvalue weighted by molar-refractivity contribution is 7.98. The van der Waals surface area contributed by atoms with Gasteiger partial charge in [0.05, 0.1) is 5.02 Å². The van der Waals surface area contributed by atoms with E-state index >= 15 is 0 Å². The van der Waals surface area contributed by atoms with Crippen molar-refractivity contribution in [3.05, 3.63) is 99.6 Å². The monoisotopic (exact) mass is 443 g/mol. The van der Waals surface area contributed by atoms with Gasteiger partial charge in [0.15, 0.2) is 5.78 Å². The second kappa shape index (κ2) is 10.3. The third-order valence-electron chi connectivity index (χ3n) is 5.07. The molecule has 1 aliphatic heterocycles. The van der Waals surface area contributed by atoms with Crippen molar-refractivity contribution in [1.82, 2.24) is 5.32 Å². The van der Waals surface area contributed by atoms with Crippen molar-refractivity contribution in [3.63, 3.8) is 0 Å². The van der Waals surface area contributed by atoms with E-state index in [1.54, 1.807) is 11.8 Å². The predicted octanol–water partition coefficient (Wildman–Crippen LogP) is 5.97. The molecule has 1 N–H and O–H groups in total. The molecule has 2 nitrogen and oxygen atoms in total. The average molecular weight is 444 g/mol. The van der Waals surface area contributed by atoms with Gasteiger partial charge in [-0.3, -0.25) is 4.79 Å². The number of rotatable bonds is 5. The molecule has 0 aromatic heterocycles. The summed E-state index contributed by atoms with van der Waals surface area (Å²) in [7, 11) is 0. The molecule has 3 aromatic carbocycles. The summed E-state index contributed by atoms with van der Waals surface area (Å²) in [6.07, 6.45) is 2.07. The zero-order valence-electron chi connectivity index (χ0n) is 16.0. The summed E-state index contributed by atoms with van der Waals surface area (Å²) >= 11 is 8.32. The lowest BCUT2D eigenvalue weighted by Gasteiger charge is -2.14. The normalized spacial score (nSPS) is 13.1. The SMILES string of the molecule is Cl.O=C(c1ccccc1)c1ccc(CSc2c(Cl)ccc3c2CCNCC3)cc1. The molecule has 4 rings (SSSR count). The molecule has 0 saturated carbocycles. The fourth-order valence-electron chi connectivity index (χ4n) is 3.53. The molecule has 3 aromatic rings. The van der Waals surface area contributed by atoms with Crippen LogP contribution in [0.4, 0.5) is 0 Å². The number of thioether (sulfide) groups is 1. The van der Waals surface area contributed by atoms with E-state index in [1.807, 2.05) is 60.7 Å². The summed E-state index contributed by atoms with van der Waals surface area (Å²) in [5, 5.41) is 4.30. The first-order valence-electron chi connectivity index (χ1n) is 9.55. The predicted molar refractivity (Wildman–Crippen MR) is 125 cm³/mol. The summed E-state index contributed by atoms with van der Waals surface area (Å²) in [5.41, 5.74) is 5.42. The number of carbonyl (C=O) groups excluding carboxylic acids is 1. The molecule has 1 aliphatic rings. The minimum atomic E-state index is 0. The van der Waals surface area contributed by atoms with Crippen molar-refractivity contribution < 1.29 is 4.79 Å². The molecule has 150 valence electrons. The van der Waals surface area contributed by atoms with Crippen LogP contribution in [0.3, 0.4) is 0 Å². The summed E-state index contributed by atoms with van der Waals surface area (Å²) in [6, 6.07) is 21.5. The Hall–Kier alpha value is -1.78. The second-order valence-corrected chi connectivity index (χ2v) is 8.34. The zero-order chi connectivity index (χ0) is 19.3. The van der Waals surface area contributed by atoms with Crippen molar-refractivity contribution in [2.24, 2.45) is 0 Å². The van der Waals surface area contributed by atoms with E-state index in [2.05, 4.69) is 11.4 Å². The molecule has 29 heavy (non-hydrogen) atoms. The van der Waals surface area contributed by atoms with Gasteiger partial charge in [-0.15, -0.1) is 24.2 Å². The number of fused-ring (bicyclic) bond motifs is 1. The van der Waals surface area contributed by atoms with Gasteiger partial charge in [-0.1, -0.05) is 72.3 Å². The molecule has 0 saturated heterocycles. The number of hydrogen-bond donors (Lipinski definition) is 1.